The Bertz CT molecular complexity index is 3110. The standard InChI is InChI=1S/C58H42N2/c1-3-18-47-39(2)55-37-44(33-34-53(55)51-30-13-12-28-49(47)51)48-27-10-11-29-50(48)52-31-14-15-32-54(52)58-59-56(45-25-16-23-42(35-45)40-19-6-4-7-20-40)38-57(60-58)46-26-17-24-43(36-46)41-21-8-5-9-22-41/h3-38H,1-2H3/b18-3-. The lowest BCUT2D eigenvalue weighted by Gasteiger charge is -2.17. The van der Waals surface area contributed by atoms with E-state index < -0.39 is 0 Å². The summed E-state index contributed by atoms with van der Waals surface area (Å²) in [5.74, 6) is 0.681. The van der Waals surface area contributed by atoms with Gasteiger partial charge in [-0.2, -0.15) is 0 Å². The topological polar surface area (TPSA) is 25.8 Å². The minimum atomic E-state index is 0.681. The number of allylic oxidation sites excluding steroid dienone is 1. The molecule has 10 rings (SSSR count). The second-order valence-electron chi connectivity index (χ2n) is 15.3. The van der Waals surface area contributed by atoms with Crippen LogP contribution in [0, 0.1) is 6.92 Å². The summed E-state index contributed by atoms with van der Waals surface area (Å²) in [4.78, 5) is 10.8. The predicted molar refractivity (Wildman–Crippen MR) is 255 cm³/mol. The van der Waals surface area contributed by atoms with Crippen molar-refractivity contribution in [2.45, 2.75) is 13.8 Å². The highest BCUT2D eigenvalue weighted by Crippen LogP contribution is 2.41. The van der Waals surface area contributed by atoms with E-state index in [9.17, 15) is 0 Å². The molecule has 0 atom stereocenters. The van der Waals surface area contributed by atoms with E-state index in [-0.39, 0.29) is 0 Å². The maximum atomic E-state index is 5.39. The normalized spacial score (nSPS) is 11.4. The van der Waals surface area contributed by atoms with Crippen LogP contribution in [-0.2, 0) is 0 Å². The first-order valence-corrected chi connectivity index (χ1v) is 20.6. The van der Waals surface area contributed by atoms with Gasteiger partial charge in [0.05, 0.1) is 11.4 Å². The van der Waals surface area contributed by atoms with Gasteiger partial charge in [0.2, 0.25) is 0 Å². The van der Waals surface area contributed by atoms with Crippen LogP contribution in [0.2, 0.25) is 0 Å². The maximum absolute atomic E-state index is 5.39. The van der Waals surface area contributed by atoms with E-state index in [2.05, 4.69) is 232 Å². The number of hydrogen-bond acceptors (Lipinski definition) is 2. The van der Waals surface area contributed by atoms with Gasteiger partial charge in [-0.25, -0.2) is 9.97 Å². The van der Waals surface area contributed by atoms with Gasteiger partial charge in [-0.3, -0.25) is 0 Å². The first-order valence-electron chi connectivity index (χ1n) is 20.6. The molecule has 0 N–H and O–H groups in total. The van der Waals surface area contributed by atoms with Gasteiger partial charge in [-0.1, -0.05) is 194 Å². The monoisotopic (exact) mass is 766 g/mol. The molecule has 9 aromatic carbocycles. The maximum Gasteiger partial charge on any atom is 0.161 e. The van der Waals surface area contributed by atoms with E-state index in [0.29, 0.717) is 5.82 Å². The van der Waals surface area contributed by atoms with Crippen LogP contribution in [0.4, 0.5) is 0 Å². The number of benzene rings is 9. The van der Waals surface area contributed by atoms with Gasteiger partial charge in [0.1, 0.15) is 0 Å². The summed E-state index contributed by atoms with van der Waals surface area (Å²) in [5.41, 5.74) is 16.5. The van der Waals surface area contributed by atoms with Crippen molar-refractivity contribution in [3.63, 3.8) is 0 Å². The summed E-state index contributed by atoms with van der Waals surface area (Å²) in [6.45, 7) is 4.34. The third-order valence-corrected chi connectivity index (χ3v) is 11.6. The largest absolute Gasteiger partial charge is 0.228 e. The number of hydrogen-bond donors (Lipinski definition) is 0. The lowest BCUT2D eigenvalue weighted by Crippen LogP contribution is -1.98. The quantitative estimate of drug-likeness (QED) is 0.144. The first kappa shape index (κ1) is 36.6. The molecule has 0 bridgehead atoms. The lowest BCUT2D eigenvalue weighted by molar-refractivity contribution is 1.18. The molecule has 0 saturated heterocycles. The molecule has 0 spiro atoms. The molecule has 2 heteroatoms. The van der Waals surface area contributed by atoms with Crippen LogP contribution in [-0.4, -0.2) is 9.97 Å². The Labute approximate surface area is 351 Å². The fraction of sp³-hybridized carbons (Fsp3) is 0.0345. The Hall–Kier alpha value is -7.68. The number of fused-ring (bicyclic) bond motifs is 3. The van der Waals surface area contributed by atoms with Crippen molar-refractivity contribution in [3.05, 3.63) is 223 Å². The Morgan fingerprint density at radius 1 is 0.333 bits per heavy atom. The van der Waals surface area contributed by atoms with Crippen LogP contribution >= 0.6 is 0 Å². The molecule has 0 aliphatic carbocycles. The van der Waals surface area contributed by atoms with Gasteiger partial charge in [0.25, 0.3) is 0 Å². The molecule has 0 radical (unpaired) electrons. The van der Waals surface area contributed by atoms with Crippen LogP contribution in [0.25, 0.3) is 106 Å². The highest BCUT2D eigenvalue weighted by atomic mass is 14.9. The Kier molecular flexibility index (Phi) is 9.73. The average Bonchev–Trinajstić information content (AvgIpc) is 3.33. The highest BCUT2D eigenvalue weighted by Gasteiger charge is 2.18. The molecule has 0 aliphatic heterocycles. The van der Waals surface area contributed by atoms with Crippen LogP contribution in [0.3, 0.4) is 0 Å². The van der Waals surface area contributed by atoms with E-state index in [4.69, 9.17) is 9.97 Å². The van der Waals surface area contributed by atoms with E-state index in [1.54, 1.807) is 0 Å². The van der Waals surface area contributed by atoms with Crippen LogP contribution in [0.5, 0.6) is 0 Å². The number of rotatable bonds is 8. The zero-order valence-electron chi connectivity index (χ0n) is 33.7. The van der Waals surface area contributed by atoms with Gasteiger partial charge < -0.3 is 0 Å². The molecule has 0 saturated carbocycles. The SMILES string of the molecule is C/C=C\c1c(C)c2cc(-c3ccccc3-c3ccccc3-c3nc(-c4cccc(-c5ccccc5)c4)cc(-c4cccc(-c5ccccc5)c4)n3)ccc2c2ccccc12. The molecular formula is C58H42N2. The number of nitrogens with zero attached hydrogens (tertiary/aromatic N) is 2. The van der Waals surface area contributed by atoms with Crippen molar-refractivity contribution < 1.29 is 0 Å². The summed E-state index contributed by atoms with van der Waals surface area (Å²) in [6, 6.07) is 73.5. The van der Waals surface area contributed by atoms with E-state index in [1.807, 2.05) is 0 Å². The van der Waals surface area contributed by atoms with Gasteiger partial charge in [0, 0.05) is 16.7 Å². The molecule has 1 heterocycles. The summed E-state index contributed by atoms with van der Waals surface area (Å²) in [7, 11) is 0. The van der Waals surface area contributed by atoms with Crippen molar-refractivity contribution in [2.24, 2.45) is 0 Å². The van der Waals surface area contributed by atoms with Crippen LogP contribution < -0.4 is 0 Å². The van der Waals surface area contributed by atoms with E-state index in [1.165, 1.54) is 49.4 Å². The Balaban J connectivity index is 1.15. The minimum absolute atomic E-state index is 0.681. The molecule has 0 aliphatic rings. The van der Waals surface area contributed by atoms with Crippen molar-refractivity contribution in [1.82, 2.24) is 9.97 Å². The Morgan fingerprint density at radius 2 is 0.800 bits per heavy atom. The van der Waals surface area contributed by atoms with Crippen molar-refractivity contribution in [3.8, 4) is 78.4 Å². The summed E-state index contributed by atoms with van der Waals surface area (Å²) in [5, 5.41) is 5.08. The van der Waals surface area contributed by atoms with Gasteiger partial charge in [-0.05, 0) is 115 Å². The third kappa shape index (κ3) is 6.89. The van der Waals surface area contributed by atoms with Gasteiger partial charge in [0.15, 0.2) is 5.82 Å². The second-order valence-corrected chi connectivity index (χ2v) is 15.3. The number of aryl methyl sites for hydroxylation is 1. The van der Waals surface area contributed by atoms with Crippen LogP contribution in [0.15, 0.2) is 212 Å². The second kappa shape index (κ2) is 15.9. The predicted octanol–water partition coefficient (Wildman–Crippen LogP) is 15.8. The van der Waals surface area contributed by atoms with Crippen LogP contribution in [0.1, 0.15) is 18.1 Å². The number of aromatic nitrogens is 2. The summed E-state index contributed by atoms with van der Waals surface area (Å²) >= 11 is 0. The fourth-order valence-corrected chi connectivity index (χ4v) is 8.66. The summed E-state index contributed by atoms with van der Waals surface area (Å²) < 4.78 is 0. The Morgan fingerprint density at radius 3 is 1.40 bits per heavy atom. The van der Waals surface area contributed by atoms with E-state index >= 15 is 0 Å². The average molecular weight is 767 g/mol. The lowest BCUT2D eigenvalue weighted by atomic mass is 9.87. The van der Waals surface area contributed by atoms with Gasteiger partial charge >= 0.3 is 0 Å². The van der Waals surface area contributed by atoms with Gasteiger partial charge in [-0.15, -0.1) is 0 Å². The molecule has 60 heavy (non-hydrogen) atoms. The summed E-state index contributed by atoms with van der Waals surface area (Å²) in [6.07, 6.45) is 4.38. The molecule has 1 aromatic heterocycles. The third-order valence-electron chi connectivity index (χ3n) is 11.6. The molecular weight excluding hydrogens is 725 g/mol. The zero-order chi connectivity index (χ0) is 40.4. The molecule has 2 nitrogen and oxygen atoms in total. The highest BCUT2D eigenvalue weighted by molar-refractivity contribution is 6.13. The molecule has 284 valence electrons. The molecule has 10 aromatic rings. The van der Waals surface area contributed by atoms with Crippen molar-refractivity contribution in [2.75, 3.05) is 0 Å². The van der Waals surface area contributed by atoms with Crippen molar-refractivity contribution >= 4 is 27.6 Å². The van der Waals surface area contributed by atoms with Crippen molar-refractivity contribution in [1.29, 1.82) is 0 Å². The van der Waals surface area contributed by atoms with E-state index in [0.717, 1.165) is 55.9 Å². The molecule has 0 fully saturated rings. The first-order chi connectivity index (χ1) is 29.6. The zero-order valence-corrected chi connectivity index (χ0v) is 33.7. The minimum Gasteiger partial charge on any atom is -0.228 e. The smallest absolute Gasteiger partial charge is 0.161 e. The fourth-order valence-electron chi connectivity index (χ4n) is 8.66. The molecule has 0 amide bonds. The molecule has 0 unspecified atom stereocenters.